The molecule has 0 aliphatic heterocycles. The third-order valence-corrected chi connectivity index (χ3v) is 2.98. The summed E-state index contributed by atoms with van der Waals surface area (Å²) in [6.07, 6.45) is 3.76. The van der Waals surface area contributed by atoms with Crippen molar-refractivity contribution in [1.82, 2.24) is 4.98 Å². The highest BCUT2D eigenvalue weighted by molar-refractivity contribution is 5.53. The summed E-state index contributed by atoms with van der Waals surface area (Å²) in [5, 5.41) is 0. The molecule has 0 spiro atoms. The lowest BCUT2D eigenvalue weighted by molar-refractivity contribution is 1.41. The second-order valence-corrected chi connectivity index (χ2v) is 4.51. The van der Waals surface area contributed by atoms with E-state index >= 15 is 0 Å². The van der Waals surface area contributed by atoms with Crippen LogP contribution in [-0.4, -0.2) is 4.98 Å². The maximum Gasteiger partial charge on any atom is 0.0580 e. The Morgan fingerprint density at radius 1 is 0.524 bits per heavy atom. The Bertz CT molecular complexity index is 763. The average molecular weight is 267 g/mol. The van der Waals surface area contributed by atoms with Crippen LogP contribution in [0, 0.1) is 23.7 Å². The number of aromatic nitrogens is 1. The van der Waals surface area contributed by atoms with Gasteiger partial charge in [-0.2, -0.15) is 0 Å². The predicted octanol–water partition coefficient (Wildman–Crippen LogP) is 3.81. The van der Waals surface area contributed by atoms with E-state index < -0.39 is 0 Å². The van der Waals surface area contributed by atoms with E-state index in [9.17, 15) is 0 Å². The minimum atomic E-state index is 0.919. The van der Waals surface area contributed by atoms with E-state index in [0.717, 1.165) is 22.3 Å². The fraction of sp³-hybridized carbons (Fsp3) is 0. The zero-order chi connectivity index (χ0) is 14.3. The molecule has 0 saturated carbocycles. The first kappa shape index (κ1) is 12.9. The largest absolute Gasteiger partial charge is 0.365 e. The first-order valence-electron chi connectivity index (χ1n) is 6.73. The van der Waals surface area contributed by atoms with Crippen molar-refractivity contribution in [2.45, 2.75) is 0 Å². The van der Waals surface area contributed by atoms with E-state index in [1.807, 2.05) is 73.1 Å². The third kappa shape index (κ3) is 3.44. The van der Waals surface area contributed by atoms with Crippen molar-refractivity contribution in [3.05, 3.63) is 95.3 Å². The number of rotatable bonds is 0. The second kappa shape index (κ2) is 6.33. The zero-order valence-corrected chi connectivity index (χ0v) is 11.4. The third-order valence-electron chi connectivity index (χ3n) is 2.98. The van der Waals surface area contributed by atoms with Crippen molar-refractivity contribution in [2.24, 2.45) is 0 Å². The van der Waals surface area contributed by atoms with Gasteiger partial charge >= 0.3 is 0 Å². The molecule has 3 rings (SSSR count). The molecule has 3 aromatic rings. The Hall–Kier alpha value is -3.16. The fourth-order valence-corrected chi connectivity index (χ4v) is 1.89. The predicted molar refractivity (Wildman–Crippen MR) is 85.6 cm³/mol. The molecular formula is C20H13N. The Kier molecular flexibility index (Phi) is 3.87. The molecule has 0 radical (unpaired) electrons. The van der Waals surface area contributed by atoms with Crippen molar-refractivity contribution in [2.75, 3.05) is 0 Å². The minimum Gasteiger partial charge on any atom is -0.365 e. The van der Waals surface area contributed by atoms with E-state index in [0.29, 0.717) is 0 Å². The summed E-state index contributed by atoms with van der Waals surface area (Å²) < 4.78 is 0. The topological polar surface area (TPSA) is 15.8 Å². The maximum atomic E-state index is 3.16. The van der Waals surface area contributed by atoms with Gasteiger partial charge in [-0.1, -0.05) is 60.1 Å². The number of hydrogen-bond donors (Lipinski definition) is 1. The molecule has 1 heteroatoms. The van der Waals surface area contributed by atoms with Crippen LogP contribution < -0.4 is 0 Å². The van der Waals surface area contributed by atoms with Gasteiger partial charge in [0.2, 0.25) is 0 Å². The molecule has 1 heterocycles. The minimum absolute atomic E-state index is 0.919. The summed E-state index contributed by atoms with van der Waals surface area (Å²) in [6, 6.07) is 19.9. The van der Waals surface area contributed by atoms with Crippen molar-refractivity contribution in [3.63, 3.8) is 0 Å². The van der Waals surface area contributed by atoms with E-state index in [2.05, 4.69) is 28.7 Å². The lowest BCUT2D eigenvalue weighted by Gasteiger charge is -1.88. The lowest BCUT2D eigenvalue weighted by Crippen LogP contribution is -1.78. The summed E-state index contributed by atoms with van der Waals surface area (Å²) >= 11 is 0. The normalized spacial score (nSPS) is 9.14. The smallest absolute Gasteiger partial charge is 0.0580 e. The van der Waals surface area contributed by atoms with Crippen LogP contribution in [0.5, 0.6) is 0 Å². The van der Waals surface area contributed by atoms with Crippen LogP contribution in [0.25, 0.3) is 0 Å². The summed E-state index contributed by atoms with van der Waals surface area (Å²) in [4.78, 5) is 3.07. The van der Waals surface area contributed by atoms with Gasteiger partial charge in [0.1, 0.15) is 0 Å². The molecule has 0 saturated heterocycles. The Balaban J connectivity index is 1.86. The first-order chi connectivity index (χ1) is 10.4. The van der Waals surface area contributed by atoms with Gasteiger partial charge in [-0.25, -0.2) is 0 Å². The van der Waals surface area contributed by atoms with E-state index in [1.54, 1.807) is 0 Å². The number of benzene rings is 2. The Labute approximate surface area is 124 Å². The van der Waals surface area contributed by atoms with Gasteiger partial charge in [0.05, 0.1) is 11.1 Å². The van der Waals surface area contributed by atoms with Crippen LogP contribution in [0.2, 0.25) is 0 Å². The highest BCUT2D eigenvalue weighted by Gasteiger charge is 1.96. The number of hydrogen-bond acceptors (Lipinski definition) is 0. The SMILES string of the molecule is C(#Cc1c[nH]cc1C#Cc1ccccc1)c1ccccc1. The summed E-state index contributed by atoms with van der Waals surface area (Å²) in [7, 11) is 0. The van der Waals surface area contributed by atoms with E-state index in [4.69, 9.17) is 0 Å². The van der Waals surface area contributed by atoms with Crippen LogP contribution in [0.1, 0.15) is 22.3 Å². The number of aromatic amines is 1. The van der Waals surface area contributed by atoms with Crippen molar-refractivity contribution in [1.29, 1.82) is 0 Å². The van der Waals surface area contributed by atoms with Crippen LogP contribution in [0.4, 0.5) is 0 Å². The molecule has 0 atom stereocenters. The van der Waals surface area contributed by atoms with Gasteiger partial charge in [0.25, 0.3) is 0 Å². The molecular weight excluding hydrogens is 254 g/mol. The molecule has 1 N–H and O–H groups in total. The van der Waals surface area contributed by atoms with Gasteiger partial charge in [-0.05, 0) is 24.3 Å². The average Bonchev–Trinajstić information content (AvgIpc) is 3.00. The quantitative estimate of drug-likeness (QED) is 0.596. The molecule has 0 bridgehead atoms. The monoisotopic (exact) mass is 267 g/mol. The van der Waals surface area contributed by atoms with Crippen LogP contribution in [0.3, 0.4) is 0 Å². The molecule has 1 aromatic heterocycles. The van der Waals surface area contributed by atoms with Crippen LogP contribution in [0.15, 0.2) is 73.1 Å². The standard InChI is InChI=1S/C20H13N/c1-3-7-17(8-4-1)11-13-19-15-21-16-20(19)14-12-18-9-5-2-6-10-18/h1-10,15-16,21H. The van der Waals surface area contributed by atoms with Gasteiger partial charge in [0.15, 0.2) is 0 Å². The van der Waals surface area contributed by atoms with Crippen molar-refractivity contribution in [3.8, 4) is 23.7 Å². The van der Waals surface area contributed by atoms with E-state index in [1.165, 1.54) is 0 Å². The molecule has 0 fully saturated rings. The lowest BCUT2D eigenvalue weighted by atomic mass is 10.1. The highest BCUT2D eigenvalue weighted by atomic mass is 14.6. The molecule has 21 heavy (non-hydrogen) atoms. The molecule has 2 aromatic carbocycles. The Morgan fingerprint density at radius 2 is 0.952 bits per heavy atom. The van der Waals surface area contributed by atoms with Gasteiger partial charge < -0.3 is 4.98 Å². The number of nitrogens with one attached hydrogen (secondary N) is 1. The van der Waals surface area contributed by atoms with Crippen LogP contribution in [-0.2, 0) is 0 Å². The van der Waals surface area contributed by atoms with Crippen molar-refractivity contribution < 1.29 is 0 Å². The van der Waals surface area contributed by atoms with Gasteiger partial charge in [0, 0.05) is 23.5 Å². The maximum absolute atomic E-state index is 3.16. The van der Waals surface area contributed by atoms with Gasteiger partial charge in [-0.3, -0.25) is 0 Å². The van der Waals surface area contributed by atoms with Crippen LogP contribution >= 0.6 is 0 Å². The fourth-order valence-electron chi connectivity index (χ4n) is 1.89. The highest BCUT2D eigenvalue weighted by Crippen LogP contribution is 2.06. The molecule has 0 aliphatic carbocycles. The zero-order valence-electron chi connectivity index (χ0n) is 11.4. The Morgan fingerprint density at radius 3 is 1.38 bits per heavy atom. The molecule has 0 amide bonds. The number of H-pyrrole nitrogens is 1. The summed E-state index contributed by atoms with van der Waals surface area (Å²) in [5.41, 5.74) is 3.84. The van der Waals surface area contributed by atoms with E-state index in [-0.39, 0.29) is 0 Å². The van der Waals surface area contributed by atoms with Gasteiger partial charge in [-0.15, -0.1) is 0 Å². The summed E-state index contributed by atoms with van der Waals surface area (Å²) in [5.74, 6) is 12.6. The molecule has 1 nitrogen and oxygen atoms in total. The summed E-state index contributed by atoms with van der Waals surface area (Å²) in [6.45, 7) is 0. The second-order valence-electron chi connectivity index (χ2n) is 4.51. The van der Waals surface area contributed by atoms with Crippen molar-refractivity contribution >= 4 is 0 Å². The molecule has 0 unspecified atom stereocenters. The molecule has 0 aliphatic rings. The molecule has 98 valence electrons. The first-order valence-corrected chi connectivity index (χ1v) is 6.73.